The minimum Gasteiger partial charge on any atom is -0.497 e. The van der Waals surface area contributed by atoms with E-state index in [0.717, 1.165) is 5.56 Å². The summed E-state index contributed by atoms with van der Waals surface area (Å²) in [6, 6.07) is 6.57. The van der Waals surface area contributed by atoms with Gasteiger partial charge in [-0.3, -0.25) is 0 Å². The Kier molecular flexibility index (Phi) is 4.53. The molecule has 0 heterocycles. The largest absolute Gasteiger partial charge is 0.497 e. The minimum atomic E-state index is -0.480. The van der Waals surface area contributed by atoms with E-state index >= 15 is 0 Å². The van der Waals surface area contributed by atoms with Crippen molar-refractivity contribution in [2.24, 2.45) is 10.2 Å². The van der Waals surface area contributed by atoms with Crippen molar-refractivity contribution in [3.8, 4) is 5.75 Å². The monoisotopic (exact) mass is 218 g/mol. The molecule has 0 aliphatic heterocycles. The van der Waals surface area contributed by atoms with Crippen LogP contribution in [-0.4, -0.2) is 13.7 Å². The summed E-state index contributed by atoms with van der Waals surface area (Å²) >= 11 is 0. The number of hydrogen-bond donors (Lipinski definition) is 0. The smallest absolute Gasteiger partial charge is 0.118 e. The molecule has 0 amide bonds. The summed E-state index contributed by atoms with van der Waals surface area (Å²) in [6.07, 6.45) is 0. The van der Waals surface area contributed by atoms with Crippen LogP contribution >= 0.6 is 0 Å². The van der Waals surface area contributed by atoms with E-state index in [4.69, 9.17) is 15.8 Å². The van der Waals surface area contributed by atoms with Crippen LogP contribution in [0.15, 0.2) is 34.5 Å². The van der Waals surface area contributed by atoms with Gasteiger partial charge in [-0.1, -0.05) is 22.4 Å². The molecule has 1 unspecified atom stereocenters. The zero-order valence-corrected chi connectivity index (χ0v) is 8.69. The first-order valence-electron chi connectivity index (χ1n) is 4.51. The molecule has 0 aliphatic carbocycles. The fourth-order valence-electron chi connectivity index (χ4n) is 1.21. The van der Waals surface area contributed by atoms with Crippen LogP contribution in [0.1, 0.15) is 11.6 Å². The van der Waals surface area contributed by atoms with E-state index in [9.17, 15) is 0 Å². The van der Waals surface area contributed by atoms with Gasteiger partial charge in [0.15, 0.2) is 0 Å². The molecule has 0 bridgehead atoms. The molecule has 0 N–H and O–H groups in total. The maximum atomic E-state index is 8.40. The third kappa shape index (κ3) is 3.09. The Bertz CT molecular complexity index is 430. The SMILES string of the molecule is COc1ccc(C(CN=[N+]=[N-])N=[N+]=[N-])cc1. The van der Waals surface area contributed by atoms with E-state index < -0.39 is 6.04 Å². The molecule has 1 aromatic carbocycles. The van der Waals surface area contributed by atoms with E-state index in [-0.39, 0.29) is 6.54 Å². The number of azide groups is 2. The number of ether oxygens (including phenoxy) is 1. The minimum absolute atomic E-state index is 0.104. The van der Waals surface area contributed by atoms with Crippen molar-refractivity contribution in [3.05, 3.63) is 50.7 Å². The molecule has 7 heteroatoms. The molecule has 16 heavy (non-hydrogen) atoms. The summed E-state index contributed by atoms with van der Waals surface area (Å²) in [5, 5.41) is 6.96. The molecule has 0 saturated heterocycles. The van der Waals surface area contributed by atoms with Crippen LogP contribution in [0.2, 0.25) is 0 Å². The summed E-state index contributed by atoms with van der Waals surface area (Å²) < 4.78 is 5.00. The predicted octanol–water partition coefficient (Wildman–Crippen LogP) is 3.36. The van der Waals surface area contributed by atoms with Crippen LogP contribution < -0.4 is 4.74 Å². The lowest BCUT2D eigenvalue weighted by Crippen LogP contribution is -1.98. The zero-order valence-electron chi connectivity index (χ0n) is 8.69. The molecule has 1 atom stereocenters. The second-order valence-corrected chi connectivity index (χ2v) is 2.91. The van der Waals surface area contributed by atoms with Crippen LogP contribution in [0.3, 0.4) is 0 Å². The second-order valence-electron chi connectivity index (χ2n) is 2.91. The van der Waals surface area contributed by atoms with E-state index in [2.05, 4.69) is 20.1 Å². The molecule has 1 rings (SSSR count). The van der Waals surface area contributed by atoms with Gasteiger partial charge in [-0.25, -0.2) is 0 Å². The van der Waals surface area contributed by atoms with Crippen molar-refractivity contribution >= 4 is 0 Å². The third-order valence-electron chi connectivity index (χ3n) is 2.01. The normalized spacial score (nSPS) is 10.8. The van der Waals surface area contributed by atoms with Gasteiger partial charge < -0.3 is 4.74 Å². The fraction of sp³-hybridized carbons (Fsp3) is 0.333. The van der Waals surface area contributed by atoms with Crippen molar-refractivity contribution in [2.75, 3.05) is 13.7 Å². The Labute approximate surface area is 91.9 Å². The molecule has 1 aromatic rings. The van der Waals surface area contributed by atoms with Crippen LogP contribution in [0, 0.1) is 0 Å². The highest BCUT2D eigenvalue weighted by molar-refractivity contribution is 5.29. The fourth-order valence-corrected chi connectivity index (χ4v) is 1.21. The molecule has 0 spiro atoms. The standard InChI is InChI=1S/C9H10N6O/c1-16-8-4-2-7(3-5-8)9(13-15-11)6-12-14-10/h2-5,9H,6H2,1H3. The average molecular weight is 218 g/mol. The number of methoxy groups -OCH3 is 1. The summed E-state index contributed by atoms with van der Waals surface area (Å²) in [5.41, 5.74) is 17.4. The van der Waals surface area contributed by atoms with Crippen molar-refractivity contribution < 1.29 is 4.74 Å². The van der Waals surface area contributed by atoms with Crippen LogP contribution in [0.25, 0.3) is 20.9 Å². The van der Waals surface area contributed by atoms with E-state index in [1.165, 1.54) is 0 Å². The molecule has 0 aromatic heterocycles. The number of hydrogen-bond acceptors (Lipinski definition) is 3. The Morgan fingerprint density at radius 1 is 1.25 bits per heavy atom. The Morgan fingerprint density at radius 2 is 1.94 bits per heavy atom. The van der Waals surface area contributed by atoms with E-state index in [0.29, 0.717) is 5.75 Å². The van der Waals surface area contributed by atoms with Gasteiger partial charge in [0.1, 0.15) is 5.75 Å². The summed E-state index contributed by atoms with van der Waals surface area (Å²) in [5.74, 6) is 0.715. The Morgan fingerprint density at radius 3 is 2.44 bits per heavy atom. The van der Waals surface area contributed by atoms with Crippen LogP contribution in [0.4, 0.5) is 0 Å². The molecule has 0 saturated carbocycles. The van der Waals surface area contributed by atoms with Crippen molar-refractivity contribution in [2.45, 2.75) is 6.04 Å². The summed E-state index contributed by atoms with van der Waals surface area (Å²) in [4.78, 5) is 5.35. The third-order valence-corrected chi connectivity index (χ3v) is 2.01. The highest BCUT2D eigenvalue weighted by Gasteiger charge is 2.07. The zero-order chi connectivity index (χ0) is 11.8. The van der Waals surface area contributed by atoms with Gasteiger partial charge in [-0.2, -0.15) is 0 Å². The number of benzene rings is 1. The topological polar surface area (TPSA) is 107 Å². The molecule has 82 valence electrons. The van der Waals surface area contributed by atoms with E-state index in [1.54, 1.807) is 31.4 Å². The molecule has 0 fully saturated rings. The van der Waals surface area contributed by atoms with Crippen molar-refractivity contribution in [1.82, 2.24) is 0 Å². The van der Waals surface area contributed by atoms with Crippen molar-refractivity contribution in [3.63, 3.8) is 0 Å². The highest BCUT2D eigenvalue weighted by atomic mass is 16.5. The van der Waals surface area contributed by atoms with Crippen LogP contribution in [-0.2, 0) is 0 Å². The number of nitrogens with zero attached hydrogens (tertiary/aromatic N) is 6. The second kappa shape index (κ2) is 6.19. The molecular weight excluding hydrogens is 208 g/mol. The van der Waals surface area contributed by atoms with E-state index in [1.807, 2.05) is 0 Å². The van der Waals surface area contributed by atoms with Gasteiger partial charge in [-0.05, 0) is 28.8 Å². The molecular formula is C9H10N6O. The van der Waals surface area contributed by atoms with Crippen LogP contribution in [0.5, 0.6) is 5.75 Å². The molecule has 0 radical (unpaired) electrons. The summed E-state index contributed by atoms with van der Waals surface area (Å²) in [7, 11) is 1.57. The maximum absolute atomic E-state index is 8.40. The quantitative estimate of drug-likeness (QED) is 0.421. The molecule has 7 nitrogen and oxygen atoms in total. The van der Waals surface area contributed by atoms with Gasteiger partial charge in [0.25, 0.3) is 0 Å². The first-order chi connectivity index (χ1) is 7.81. The summed E-state index contributed by atoms with van der Waals surface area (Å²) in [6.45, 7) is 0.104. The molecule has 0 aliphatic rings. The lowest BCUT2D eigenvalue weighted by Gasteiger charge is -2.08. The highest BCUT2D eigenvalue weighted by Crippen LogP contribution is 2.21. The lowest BCUT2D eigenvalue weighted by molar-refractivity contribution is 0.414. The van der Waals surface area contributed by atoms with Gasteiger partial charge in [-0.15, -0.1) is 0 Å². The Hall–Kier alpha value is -2.36. The first-order valence-corrected chi connectivity index (χ1v) is 4.51. The predicted molar refractivity (Wildman–Crippen MR) is 58.9 cm³/mol. The van der Waals surface area contributed by atoms with Gasteiger partial charge >= 0.3 is 0 Å². The number of rotatable bonds is 5. The average Bonchev–Trinajstić information content (AvgIpc) is 2.35. The van der Waals surface area contributed by atoms with Gasteiger partial charge in [0, 0.05) is 16.4 Å². The van der Waals surface area contributed by atoms with Crippen molar-refractivity contribution in [1.29, 1.82) is 0 Å². The Balaban J connectivity index is 2.91. The first kappa shape index (κ1) is 11.7. The lowest BCUT2D eigenvalue weighted by atomic mass is 10.1. The van der Waals surface area contributed by atoms with Gasteiger partial charge in [0.2, 0.25) is 0 Å². The maximum Gasteiger partial charge on any atom is 0.118 e. The van der Waals surface area contributed by atoms with Gasteiger partial charge in [0.05, 0.1) is 13.2 Å².